The third-order valence-corrected chi connectivity index (χ3v) is 6.12. The lowest BCUT2D eigenvalue weighted by atomic mass is 10.1. The molecule has 0 unspecified atom stereocenters. The lowest BCUT2D eigenvalue weighted by Crippen LogP contribution is -2.51. The topological polar surface area (TPSA) is 83.4 Å². The molecule has 0 saturated carbocycles. The summed E-state index contributed by atoms with van der Waals surface area (Å²) in [5.74, 6) is 1.22. The Bertz CT molecular complexity index is 920. The zero-order chi connectivity index (χ0) is 22.2. The van der Waals surface area contributed by atoms with Gasteiger partial charge in [0.1, 0.15) is 0 Å². The van der Waals surface area contributed by atoms with Gasteiger partial charge in [-0.25, -0.2) is 0 Å². The molecule has 0 bridgehead atoms. The van der Waals surface area contributed by atoms with Gasteiger partial charge in [0.2, 0.25) is 11.8 Å². The molecule has 2 amide bonds. The van der Waals surface area contributed by atoms with E-state index in [0.29, 0.717) is 45.0 Å². The number of carbonyl (C=O) groups excluding carboxylic acids is 2. The molecule has 0 radical (unpaired) electrons. The van der Waals surface area contributed by atoms with E-state index < -0.39 is 0 Å². The van der Waals surface area contributed by atoms with Gasteiger partial charge < -0.3 is 14.8 Å². The maximum atomic E-state index is 12.7. The van der Waals surface area contributed by atoms with E-state index in [-0.39, 0.29) is 11.8 Å². The number of carbonyl (C=O) groups is 2. The molecule has 1 fully saturated rings. The summed E-state index contributed by atoms with van der Waals surface area (Å²) in [7, 11) is 0. The van der Waals surface area contributed by atoms with E-state index in [1.165, 1.54) is 17.3 Å². The van der Waals surface area contributed by atoms with Crippen LogP contribution in [0.25, 0.3) is 11.4 Å². The predicted molar refractivity (Wildman–Crippen MR) is 123 cm³/mol. The average molecular weight is 443 g/mol. The Balaban J connectivity index is 1.51. The average Bonchev–Trinajstić information content (AvgIpc) is 3.19. The molecular weight excluding hydrogens is 412 g/mol. The van der Waals surface area contributed by atoms with Crippen LogP contribution in [0.1, 0.15) is 12.5 Å². The van der Waals surface area contributed by atoms with E-state index >= 15 is 0 Å². The highest BCUT2D eigenvalue weighted by Crippen LogP contribution is 2.25. The van der Waals surface area contributed by atoms with Crippen LogP contribution < -0.4 is 5.32 Å². The molecule has 0 aliphatic carbocycles. The zero-order valence-electron chi connectivity index (χ0n) is 18.2. The Morgan fingerprint density at radius 1 is 1.23 bits per heavy atom. The summed E-state index contributed by atoms with van der Waals surface area (Å²) < 4.78 is 2.05. The van der Waals surface area contributed by atoms with Crippen molar-refractivity contribution in [2.24, 2.45) is 0 Å². The third kappa shape index (κ3) is 6.18. The third-order valence-electron chi connectivity index (χ3n) is 5.17. The molecule has 1 saturated heterocycles. The molecule has 8 nitrogen and oxygen atoms in total. The van der Waals surface area contributed by atoms with Gasteiger partial charge in [-0.05, 0) is 19.9 Å². The second-order valence-corrected chi connectivity index (χ2v) is 8.40. The van der Waals surface area contributed by atoms with Gasteiger partial charge >= 0.3 is 0 Å². The molecule has 1 aliphatic rings. The number of amides is 2. The molecule has 2 heterocycles. The van der Waals surface area contributed by atoms with E-state index in [1.807, 2.05) is 21.6 Å². The summed E-state index contributed by atoms with van der Waals surface area (Å²) in [5, 5.41) is 12.2. The molecule has 1 aliphatic heterocycles. The minimum Gasteiger partial charge on any atom is -0.352 e. The van der Waals surface area contributed by atoms with Crippen molar-refractivity contribution in [2.45, 2.75) is 25.5 Å². The first-order valence-corrected chi connectivity index (χ1v) is 11.5. The van der Waals surface area contributed by atoms with Crippen molar-refractivity contribution in [1.82, 2.24) is 29.9 Å². The van der Waals surface area contributed by atoms with Gasteiger partial charge in [-0.2, -0.15) is 0 Å². The first kappa shape index (κ1) is 23.0. The van der Waals surface area contributed by atoms with Crippen LogP contribution in [0.3, 0.4) is 0 Å². The summed E-state index contributed by atoms with van der Waals surface area (Å²) in [6.07, 6.45) is 1.66. The van der Waals surface area contributed by atoms with Crippen LogP contribution in [0.5, 0.6) is 0 Å². The van der Waals surface area contributed by atoms with Gasteiger partial charge in [-0.1, -0.05) is 41.6 Å². The normalized spacial score (nSPS) is 14.5. The number of aryl methyl sites for hydroxylation is 1. The monoisotopic (exact) mass is 442 g/mol. The molecule has 2 aromatic rings. The summed E-state index contributed by atoms with van der Waals surface area (Å²) in [6.45, 7) is 11.9. The second kappa shape index (κ2) is 11.1. The first-order chi connectivity index (χ1) is 15.0. The highest BCUT2D eigenvalue weighted by atomic mass is 32.2. The zero-order valence-corrected chi connectivity index (χ0v) is 19.0. The van der Waals surface area contributed by atoms with E-state index in [0.717, 1.165) is 23.1 Å². The molecular formula is C22H30N6O2S. The second-order valence-electron chi connectivity index (χ2n) is 7.46. The number of hydrogen-bond acceptors (Lipinski definition) is 6. The Morgan fingerprint density at radius 2 is 2.00 bits per heavy atom. The van der Waals surface area contributed by atoms with E-state index in [9.17, 15) is 9.59 Å². The van der Waals surface area contributed by atoms with Crippen LogP contribution in [0.4, 0.5) is 0 Å². The van der Waals surface area contributed by atoms with Crippen LogP contribution in [0.15, 0.2) is 42.1 Å². The van der Waals surface area contributed by atoms with Gasteiger partial charge in [0.25, 0.3) is 0 Å². The highest BCUT2D eigenvalue weighted by Gasteiger charge is 2.23. The van der Waals surface area contributed by atoms with Crippen LogP contribution in [0.2, 0.25) is 0 Å². The van der Waals surface area contributed by atoms with Crippen molar-refractivity contribution in [3.05, 3.63) is 42.5 Å². The molecule has 31 heavy (non-hydrogen) atoms. The largest absolute Gasteiger partial charge is 0.352 e. The number of nitrogens with one attached hydrogen (secondary N) is 1. The highest BCUT2D eigenvalue weighted by molar-refractivity contribution is 7.99. The molecule has 0 spiro atoms. The van der Waals surface area contributed by atoms with Crippen LogP contribution >= 0.6 is 11.8 Å². The quantitative estimate of drug-likeness (QED) is 0.471. The van der Waals surface area contributed by atoms with Crippen LogP contribution in [-0.4, -0.2) is 81.4 Å². The summed E-state index contributed by atoms with van der Waals surface area (Å²) in [5.41, 5.74) is 2.20. The maximum Gasteiger partial charge on any atom is 0.234 e. The number of hydrogen-bond donors (Lipinski definition) is 1. The van der Waals surface area contributed by atoms with E-state index in [1.54, 1.807) is 6.08 Å². The van der Waals surface area contributed by atoms with Gasteiger partial charge in [-0.15, -0.1) is 16.8 Å². The fourth-order valence-electron chi connectivity index (χ4n) is 3.50. The van der Waals surface area contributed by atoms with Gasteiger partial charge in [0.05, 0.1) is 12.3 Å². The summed E-state index contributed by atoms with van der Waals surface area (Å²) in [6, 6.07) is 8.18. The number of aromatic nitrogens is 3. The van der Waals surface area contributed by atoms with Crippen molar-refractivity contribution >= 4 is 23.6 Å². The lowest BCUT2D eigenvalue weighted by molar-refractivity contribution is -0.130. The smallest absolute Gasteiger partial charge is 0.234 e. The molecule has 166 valence electrons. The number of benzene rings is 1. The van der Waals surface area contributed by atoms with Gasteiger partial charge in [-0.3, -0.25) is 14.5 Å². The predicted octanol–water partition coefficient (Wildman–Crippen LogP) is 1.81. The maximum absolute atomic E-state index is 12.7. The van der Waals surface area contributed by atoms with E-state index in [2.05, 4.69) is 53.0 Å². The number of thioether (sulfide) groups is 1. The van der Waals surface area contributed by atoms with Crippen molar-refractivity contribution in [3.63, 3.8) is 0 Å². The van der Waals surface area contributed by atoms with Gasteiger partial charge in [0, 0.05) is 44.8 Å². The van der Waals surface area contributed by atoms with Crippen molar-refractivity contribution < 1.29 is 9.59 Å². The number of nitrogens with zero attached hydrogens (tertiary/aromatic N) is 5. The fraction of sp³-hybridized carbons (Fsp3) is 0.455. The minimum absolute atomic E-state index is 0.0152. The SMILES string of the molecule is C=CCNC(=O)CN1CCN(C(=O)CSc2nnc(-c3cccc(C)c3)n2CC)CC1. The molecule has 1 aromatic carbocycles. The Hall–Kier alpha value is -2.65. The molecule has 9 heteroatoms. The number of rotatable bonds is 9. The van der Waals surface area contributed by atoms with Crippen LogP contribution in [-0.2, 0) is 16.1 Å². The van der Waals surface area contributed by atoms with Crippen molar-refractivity contribution in [3.8, 4) is 11.4 Å². The lowest BCUT2D eigenvalue weighted by Gasteiger charge is -2.34. The minimum atomic E-state index is -0.0152. The van der Waals surface area contributed by atoms with Crippen molar-refractivity contribution in [2.75, 3.05) is 45.0 Å². The molecule has 1 aromatic heterocycles. The molecule has 0 atom stereocenters. The fourth-order valence-corrected chi connectivity index (χ4v) is 4.40. The van der Waals surface area contributed by atoms with Crippen LogP contribution in [0, 0.1) is 6.92 Å². The molecule has 1 N–H and O–H groups in total. The number of piperazine rings is 1. The standard InChI is InChI=1S/C22H30N6O2S/c1-4-9-23-19(29)15-26-10-12-27(13-11-26)20(30)16-31-22-25-24-21(28(22)5-2)18-8-6-7-17(3)14-18/h4,6-8,14H,1,5,9-13,15-16H2,2-3H3,(H,23,29). The van der Waals surface area contributed by atoms with E-state index in [4.69, 9.17) is 0 Å². The Morgan fingerprint density at radius 3 is 2.68 bits per heavy atom. The van der Waals surface area contributed by atoms with Gasteiger partial charge in [0.15, 0.2) is 11.0 Å². The summed E-state index contributed by atoms with van der Waals surface area (Å²) >= 11 is 1.42. The first-order valence-electron chi connectivity index (χ1n) is 10.5. The summed E-state index contributed by atoms with van der Waals surface area (Å²) in [4.78, 5) is 28.5. The Labute approximate surface area is 187 Å². The van der Waals surface area contributed by atoms with Crippen molar-refractivity contribution in [1.29, 1.82) is 0 Å². The molecule has 3 rings (SSSR count). The Kier molecular flexibility index (Phi) is 8.25.